The maximum absolute atomic E-state index is 5.90. The van der Waals surface area contributed by atoms with Gasteiger partial charge in [0.25, 0.3) is 0 Å². The van der Waals surface area contributed by atoms with E-state index < -0.39 is 0 Å². The zero-order valence-electron chi connectivity index (χ0n) is 9.16. The summed E-state index contributed by atoms with van der Waals surface area (Å²) in [4.78, 5) is 3.42. The number of aromatic nitrogens is 1. The number of benzene rings is 1. The lowest BCUT2D eigenvalue weighted by Gasteiger charge is -2.06. The summed E-state index contributed by atoms with van der Waals surface area (Å²) in [5, 5.41) is 1.29. The molecule has 2 heteroatoms. The molecule has 0 amide bonds. The molecule has 0 aliphatic heterocycles. The Morgan fingerprint density at radius 2 is 2.13 bits per heavy atom. The van der Waals surface area contributed by atoms with Gasteiger partial charge in [-0.1, -0.05) is 25.1 Å². The van der Waals surface area contributed by atoms with Crippen LogP contribution in [0, 0.1) is 0 Å². The number of H-pyrrole nitrogens is 1. The van der Waals surface area contributed by atoms with Crippen LogP contribution in [0.1, 0.15) is 25.5 Å². The summed E-state index contributed by atoms with van der Waals surface area (Å²) in [5.41, 5.74) is 8.41. The van der Waals surface area contributed by atoms with Crippen LogP contribution in [0.15, 0.2) is 30.3 Å². The maximum Gasteiger partial charge on any atom is 0.0456 e. The smallest absolute Gasteiger partial charge is 0.0456 e. The molecule has 0 bridgehead atoms. The number of fused-ring (bicyclic) bond motifs is 1. The molecule has 0 saturated carbocycles. The molecule has 3 N–H and O–H groups in total. The Bertz CT molecular complexity index is 398. The molecule has 80 valence electrons. The van der Waals surface area contributed by atoms with Crippen LogP contribution in [0.2, 0.25) is 0 Å². The first-order chi connectivity index (χ1) is 7.29. The zero-order chi connectivity index (χ0) is 10.7. The minimum Gasteiger partial charge on any atom is -0.358 e. The van der Waals surface area contributed by atoms with Gasteiger partial charge in [0.2, 0.25) is 0 Å². The van der Waals surface area contributed by atoms with E-state index in [1.54, 1.807) is 0 Å². The van der Waals surface area contributed by atoms with Crippen molar-refractivity contribution in [3.63, 3.8) is 0 Å². The number of aromatic amines is 1. The molecule has 1 atom stereocenters. The Balaban J connectivity index is 2.09. The Morgan fingerprint density at radius 3 is 2.87 bits per heavy atom. The predicted molar refractivity (Wildman–Crippen MR) is 64.9 cm³/mol. The highest BCUT2D eigenvalue weighted by Crippen LogP contribution is 2.16. The first-order valence-corrected chi connectivity index (χ1v) is 5.62. The molecule has 1 aromatic carbocycles. The van der Waals surface area contributed by atoms with Gasteiger partial charge < -0.3 is 10.7 Å². The topological polar surface area (TPSA) is 41.8 Å². The minimum absolute atomic E-state index is 0.330. The molecule has 15 heavy (non-hydrogen) atoms. The third-order valence-electron chi connectivity index (χ3n) is 2.89. The second-order valence-electron chi connectivity index (χ2n) is 4.09. The highest BCUT2D eigenvalue weighted by atomic mass is 14.7. The average Bonchev–Trinajstić information content (AvgIpc) is 2.68. The number of aryl methyl sites for hydroxylation is 1. The van der Waals surface area contributed by atoms with Crippen LogP contribution in [0.4, 0.5) is 0 Å². The third kappa shape index (κ3) is 2.39. The molecule has 0 fully saturated rings. The lowest BCUT2D eigenvalue weighted by Crippen LogP contribution is -2.19. The van der Waals surface area contributed by atoms with E-state index in [-0.39, 0.29) is 0 Å². The number of rotatable bonds is 4. The standard InChI is InChI=1S/C13H18N2/c1-2-11(14)7-8-12-9-10-5-3-4-6-13(10)15-12/h3-6,9,11,15H,2,7-8,14H2,1H3. The Labute approximate surface area is 90.5 Å². The summed E-state index contributed by atoms with van der Waals surface area (Å²) in [5.74, 6) is 0. The number of hydrogen-bond acceptors (Lipinski definition) is 1. The fourth-order valence-corrected chi connectivity index (χ4v) is 1.81. The van der Waals surface area contributed by atoms with Crippen LogP contribution >= 0.6 is 0 Å². The Hall–Kier alpha value is -1.28. The number of hydrogen-bond donors (Lipinski definition) is 2. The maximum atomic E-state index is 5.90. The van der Waals surface area contributed by atoms with Gasteiger partial charge >= 0.3 is 0 Å². The Kier molecular flexibility index (Phi) is 3.07. The normalized spacial score (nSPS) is 13.2. The van der Waals surface area contributed by atoms with Crippen molar-refractivity contribution in [3.8, 4) is 0 Å². The summed E-state index contributed by atoms with van der Waals surface area (Å²) >= 11 is 0. The monoisotopic (exact) mass is 202 g/mol. The van der Waals surface area contributed by atoms with Gasteiger partial charge in [0.1, 0.15) is 0 Å². The highest BCUT2D eigenvalue weighted by molar-refractivity contribution is 5.80. The molecular weight excluding hydrogens is 184 g/mol. The van der Waals surface area contributed by atoms with Gasteiger partial charge in [-0.2, -0.15) is 0 Å². The molecule has 2 aromatic rings. The number of para-hydroxylation sites is 1. The van der Waals surface area contributed by atoms with E-state index in [1.807, 2.05) is 0 Å². The average molecular weight is 202 g/mol. The molecule has 0 aliphatic carbocycles. The van der Waals surface area contributed by atoms with Crippen molar-refractivity contribution in [2.45, 2.75) is 32.2 Å². The molecule has 2 rings (SSSR count). The Morgan fingerprint density at radius 1 is 1.33 bits per heavy atom. The van der Waals surface area contributed by atoms with Crippen molar-refractivity contribution < 1.29 is 0 Å². The van der Waals surface area contributed by atoms with E-state index >= 15 is 0 Å². The summed E-state index contributed by atoms with van der Waals surface area (Å²) in [6, 6.07) is 10.9. The van der Waals surface area contributed by atoms with Crippen molar-refractivity contribution in [1.82, 2.24) is 4.98 Å². The third-order valence-corrected chi connectivity index (χ3v) is 2.89. The van der Waals surface area contributed by atoms with Crippen LogP contribution in [0.3, 0.4) is 0 Å². The number of nitrogens with two attached hydrogens (primary N) is 1. The zero-order valence-corrected chi connectivity index (χ0v) is 9.16. The molecule has 1 heterocycles. The summed E-state index contributed by atoms with van der Waals surface area (Å²) in [6.45, 7) is 2.13. The van der Waals surface area contributed by atoms with Crippen LogP contribution < -0.4 is 5.73 Å². The van der Waals surface area contributed by atoms with Crippen LogP contribution in [-0.2, 0) is 6.42 Å². The molecule has 0 spiro atoms. The summed E-state index contributed by atoms with van der Waals surface area (Å²) in [6.07, 6.45) is 3.16. The van der Waals surface area contributed by atoms with E-state index in [4.69, 9.17) is 5.73 Å². The first-order valence-electron chi connectivity index (χ1n) is 5.62. The van der Waals surface area contributed by atoms with Gasteiger partial charge in [0.05, 0.1) is 0 Å². The molecule has 0 radical (unpaired) electrons. The second-order valence-corrected chi connectivity index (χ2v) is 4.09. The van der Waals surface area contributed by atoms with Crippen molar-refractivity contribution >= 4 is 10.9 Å². The second kappa shape index (κ2) is 4.49. The summed E-state index contributed by atoms with van der Waals surface area (Å²) in [7, 11) is 0. The molecule has 0 saturated heterocycles. The quantitative estimate of drug-likeness (QED) is 0.786. The van der Waals surface area contributed by atoms with Crippen LogP contribution in [0.5, 0.6) is 0 Å². The highest BCUT2D eigenvalue weighted by Gasteiger charge is 2.03. The molecule has 0 aliphatic rings. The van der Waals surface area contributed by atoms with Crippen LogP contribution in [-0.4, -0.2) is 11.0 Å². The van der Waals surface area contributed by atoms with Gasteiger partial charge in [0.15, 0.2) is 0 Å². The fraction of sp³-hybridized carbons (Fsp3) is 0.385. The predicted octanol–water partition coefficient (Wildman–Crippen LogP) is 2.84. The van der Waals surface area contributed by atoms with E-state index in [9.17, 15) is 0 Å². The lowest BCUT2D eigenvalue weighted by atomic mass is 10.1. The van der Waals surface area contributed by atoms with Gasteiger partial charge in [-0.3, -0.25) is 0 Å². The van der Waals surface area contributed by atoms with Crippen LogP contribution in [0.25, 0.3) is 10.9 Å². The van der Waals surface area contributed by atoms with Crippen molar-refractivity contribution in [1.29, 1.82) is 0 Å². The SMILES string of the molecule is CCC(N)CCc1cc2ccccc2[nH]1. The van der Waals surface area contributed by atoms with Gasteiger partial charge in [-0.15, -0.1) is 0 Å². The lowest BCUT2D eigenvalue weighted by molar-refractivity contribution is 0.592. The molecule has 1 unspecified atom stereocenters. The van der Waals surface area contributed by atoms with Gasteiger partial charge in [0, 0.05) is 17.3 Å². The first kappa shape index (κ1) is 10.2. The van der Waals surface area contributed by atoms with Gasteiger partial charge in [-0.25, -0.2) is 0 Å². The van der Waals surface area contributed by atoms with E-state index in [0.717, 1.165) is 19.3 Å². The van der Waals surface area contributed by atoms with Crippen molar-refractivity contribution in [2.24, 2.45) is 5.73 Å². The minimum atomic E-state index is 0.330. The van der Waals surface area contributed by atoms with E-state index in [0.29, 0.717) is 6.04 Å². The van der Waals surface area contributed by atoms with Crippen molar-refractivity contribution in [3.05, 3.63) is 36.0 Å². The van der Waals surface area contributed by atoms with Crippen molar-refractivity contribution in [2.75, 3.05) is 0 Å². The summed E-state index contributed by atoms with van der Waals surface area (Å²) < 4.78 is 0. The van der Waals surface area contributed by atoms with E-state index in [1.165, 1.54) is 16.6 Å². The molecular formula is C13H18N2. The van der Waals surface area contributed by atoms with E-state index in [2.05, 4.69) is 42.2 Å². The fourth-order valence-electron chi connectivity index (χ4n) is 1.81. The van der Waals surface area contributed by atoms with Gasteiger partial charge in [-0.05, 0) is 36.8 Å². The number of nitrogens with one attached hydrogen (secondary N) is 1. The molecule has 2 nitrogen and oxygen atoms in total. The largest absolute Gasteiger partial charge is 0.358 e. The molecule has 1 aromatic heterocycles.